The lowest BCUT2D eigenvalue weighted by Gasteiger charge is -2.28. The van der Waals surface area contributed by atoms with E-state index in [0.717, 1.165) is 29.5 Å². The topological polar surface area (TPSA) is 66.5 Å². The van der Waals surface area contributed by atoms with Gasteiger partial charge in [-0.05, 0) is 62.2 Å². The molecule has 2 rings (SSSR count). The van der Waals surface area contributed by atoms with Crippen molar-refractivity contribution in [2.24, 2.45) is 0 Å². The van der Waals surface area contributed by atoms with Crippen LogP contribution >= 0.6 is 0 Å². The smallest absolute Gasteiger partial charge is 0.324 e. The molecule has 0 aliphatic heterocycles. The molecule has 0 radical (unpaired) electrons. The van der Waals surface area contributed by atoms with Crippen LogP contribution in [0.3, 0.4) is 0 Å². The molecule has 9 heteroatoms. The van der Waals surface area contributed by atoms with Gasteiger partial charge in [0, 0.05) is 5.69 Å². The third-order valence-corrected chi connectivity index (χ3v) is 5.53. The normalized spacial score (nSPS) is 13.1. The van der Waals surface area contributed by atoms with E-state index in [0.29, 0.717) is 16.1 Å². The highest BCUT2D eigenvalue weighted by molar-refractivity contribution is 7.92. The number of halogens is 3. The maximum absolute atomic E-state index is 13.0. The van der Waals surface area contributed by atoms with E-state index in [-0.39, 0.29) is 5.69 Å². The van der Waals surface area contributed by atoms with Crippen molar-refractivity contribution in [1.82, 2.24) is 0 Å². The minimum absolute atomic E-state index is 0.236. The van der Waals surface area contributed by atoms with E-state index in [1.165, 1.54) is 13.0 Å². The molecular formula is C19H21F3N2O3S. The molecule has 1 N–H and O–H groups in total. The van der Waals surface area contributed by atoms with Gasteiger partial charge in [0.15, 0.2) is 0 Å². The van der Waals surface area contributed by atoms with Gasteiger partial charge in [0.1, 0.15) is 6.04 Å². The fourth-order valence-electron chi connectivity index (χ4n) is 2.69. The van der Waals surface area contributed by atoms with Crippen molar-refractivity contribution in [3.8, 4) is 0 Å². The van der Waals surface area contributed by atoms with Crippen LogP contribution in [0.15, 0.2) is 42.5 Å². The number of nitrogens with zero attached hydrogens (tertiary/aromatic N) is 1. The second-order valence-electron chi connectivity index (χ2n) is 6.57. The average molecular weight is 414 g/mol. The molecule has 1 atom stereocenters. The molecule has 0 aliphatic carbocycles. The third kappa shape index (κ3) is 5.03. The summed E-state index contributed by atoms with van der Waals surface area (Å²) in [6, 6.07) is 7.80. The Bertz CT molecular complexity index is 988. The molecule has 5 nitrogen and oxygen atoms in total. The summed E-state index contributed by atoms with van der Waals surface area (Å²) in [4.78, 5) is 12.6. The summed E-state index contributed by atoms with van der Waals surface area (Å²) in [7, 11) is -4.03. The Morgan fingerprint density at radius 3 is 2.25 bits per heavy atom. The molecular weight excluding hydrogens is 393 g/mol. The fraction of sp³-hybridized carbons (Fsp3) is 0.316. The Kier molecular flexibility index (Phi) is 6.08. The van der Waals surface area contributed by atoms with Crippen LogP contribution in [0, 0.1) is 13.8 Å². The number of hydrogen-bond acceptors (Lipinski definition) is 3. The van der Waals surface area contributed by atoms with E-state index in [2.05, 4.69) is 5.32 Å². The standard InChI is InChI=1S/C19H21F3N2O3S/c1-12-8-9-16(10-13(12)2)23-18(25)14(3)24(28(4,26)27)17-7-5-6-15(11-17)19(20,21)22/h5-11,14H,1-4H3,(H,23,25). The van der Waals surface area contributed by atoms with Crippen molar-refractivity contribution in [3.63, 3.8) is 0 Å². The largest absolute Gasteiger partial charge is 0.416 e. The van der Waals surface area contributed by atoms with Crippen LogP contribution in [0.5, 0.6) is 0 Å². The summed E-state index contributed by atoms with van der Waals surface area (Å²) >= 11 is 0. The van der Waals surface area contributed by atoms with E-state index in [9.17, 15) is 26.4 Å². The number of alkyl halides is 3. The van der Waals surface area contributed by atoms with Gasteiger partial charge in [0.2, 0.25) is 15.9 Å². The monoisotopic (exact) mass is 414 g/mol. The molecule has 0 saturated heterocycles. The molecule has 2 aromatic rings. The highest BCUT2D eigenvalue weighted by Crippen LogP contribution is 2.33. The first-order chi connectivity index (χ1) is 12.8. The Morgan fingerprint density at radius 2 is 1.71 bits per heavy atom. The quantitative estimate of drug-likeness (QED) is 0.801. The molecule has 0 bridgehead atoms. The lowest BCUT2D eigenvalue weighted by atomic mass is 10.1. The number of aryl methyl sites for hydroxylation is 2. The van der Waals surface area contributed by atoms with Crippen molar-refractivity contribution in [1.29, 1.82) is 0 Å². The molecule has 0 spiro atoms. The summed E-state index contributed by atoms with van der Waals surface area (Å²) in [6.07, 6.45) is -3.79. The minimum Gasteiger partial charge on any atom is -0.324 e. The van der Waals surface area contributed by atoms with Gasteiger partial charge in [0.05, 0.1) is 17.5 Å². The number of amides is 1. The van der Waals surface area contributed by atoms with Crippen molar-refractivity contribution in [2.75, 3.05) is 15.9 Å². The first kappa shape index (κ1) is 21.7. The molecule has 1 unspecified atom stereocenters. The SMILES string of the molecule is Cc1ccc(NC(=O)C(C)N(c2cccc(C(F)(F)F)c2)S(C)(=O)=O)cc1C. The number of carbonyl (C=O) groups is 1. The summed E-state index contributed by atoms with van der Waals surface area (Å²) in [6.45, 7) is 5.08. The second kappa shape index (κ2) is 7.83. The van der Waals surface area contributed by atoms with E-state index >= 15 is 0 Å². The molecule has 28 heavy (non-hydrogen) atoms. The number of anilines is 2. The van der Waals surface area contributed by atoms with Crippen molar-refractivity contribution < 1.29 is 26.4 Å². The number of benzene rings is 2. The first-order valence-corrected chi connectivity index (χ1v) is 10.2. The van der Waals surface area contributed by atoms with Gasteiger partial charge in [-0.15, -0.1) is 0 Å². The van der Waals surface area contributed by atoms with Gasteiger partial charge in [-0.1, -0.05) is 12.1 Å². The van der Waals surface area contributed by atoms with Gasteiger partial charge in [-0.25, -0.2) is 8.42 Å². The zero-order valence-corrected chi connectivity index (χ0v) is 16.6. The van der Waals surface area contributed by atoms with Gasteiger partial charge in [-0.2, -0.15) is 13.2 Å². The summed E-state index contributed by atoms with van der Waals surface area (Å²) < 4.78 is 64.2. The molecule has 0 aromatic heterocycles. The van der Waals surface area contributed by atoms with Gasteiger partial charge >= 0.3 is 6.18 Å². The number of hydrogen-bond donors (Lipinski definition) is 1. The number of nitrogens with one attached hydrogen (secondary N) is 1. The van der Waals surface area contributed by atoms with Gasteiger partial charge in [0.25, 0.3) is 0 Å². The minimum atomic E-state index is -4.63. The lowest BCUT2D eigenvalue weighted by Crippen LogP contribution is -2.45. The molecule has 0 aliphatic rings. The summed E-state index contributed by atoms with van der Waals surface area (Å²) in [5.41, 5.74) is 1.19. The lowest BCUT2D eigenvalue weighted by molar-refractivity contribution is -0.137. The molecule has 0 fully saturated rings. The van der Waals surface area contributed by atoms with E-state index < -0.39 is 33.7 Å². The fourth-order valence-corrected chi connectivity index (χ4v) is 3.86. The maximum Gasteiger partial charge on any atom is 0.416 e. The van der Waals surface area contributed by atoms with Crippen LogP contribution in [0.2, 0.25) is 0 Å². The zero-order chi connectivity index (χ0) is 21.3. The third-order valence-electron chi connectivity index (χ3n) is 4.29. The van der Waals surface area contributed by atoms with Gasteiger partial charge < -0.3 is 5.32 Å². The number of sulfonamides is 1. The zero-order valence-electron chi connectivity index (χ0n) is 15.8. The summed E-state index contributed by atoms with van der Waals surface area (Å²) in [5.74, 6) is -0.661. The van der Waals surface area contributed by atoms with Crippen LogP contribution in [0.1, 0.15) is 23.6 Å². The molecule has 152 valence electrons. The van der Waals surface area contributed by atoms with Crippen molar-refractivity contribution >= 4 is 27.3 Å². The Hall–Kier alpha value is -2.55. The molecule has 1 amide bonds. The van der Waals surface area contributed by atoms with Crippen LogP contribution in [0.25, 0.3) is 0 Å². The highest BCUT2D eigenvalue weighted by atomic mass is 32.2. The maximum atomic E-state index is 13.0. The molecule has 0 heterocycles. The van der Waals surface area contributed by atoms with E-state index in [1.54, 1.807) is 18.2 Å². The van der Waals surface area contributed by atoms with Crippen LogP contribution in [0.4, 0.5) is 24.5 Å². The Morgan fingerprint density at radius 1 is 1.07 bits per heavy atom. The Labute approximate surface area is 162 Å². The van der Waals surface area contributed by atoms with E-state index in [1.807, 2.05) is 13.8 Å². The van der Waals surface area contributed by atoms with E-state index in [4.69, 9.17) is 0 Å². The second-order valence-corrected chi connectivity index (χ2v) is 8.43. The number of rotatable bonds is 5. The molecule has 2 aromatic carbocycles. The predicted octanol–water partition coefficient (Wildman–Crippen LogP) is 4.12. The first-order valence-electron chi connectivity index (χ1n) is 8.35. The summed E-state index contributed by atoms with van der Waals surface area (Å²) in [5, 5.41) is 2.61. The van der Waals surface area contributed by atoms with Crippen LogP contribution < -0.4 is 9.62 Å². The Balaban J connectivity index is 2.38. The van der Waals surface area contributed by atoms with Crippen molar-refractivity contribution in [3.05, 3.63) is 59.2 Å². The highest BCUT2D eigenvalue weighted by Gasteiger charge is 2.34. The molecule has 0 saturated carbocycles. The number of carbonyl (C=O) groups excluding carboxylic acids is 1. The average Bonchev–Trinajstić information content (AvgIpc) is 2.56. The van der Waals surface area contributed by atoms with Crippen LogP contribution in [-0.2, 0) is 21.0 Å². The predicted molar refractivity (Wildman–Crippen MR) is 103 cm³/mol. The van der Waals surface area contributed by atoms with Crippen molar-refractivity contribution in [2.45, 2.75) is 33.0 Å². The van der Waals surface area contributed by atoms with Crippen LogP contribution in [-0.4, -0.2) is 26.6 Å². The van der Waals surface area contributed by atoms with Gasteiger partial charge in [-0.3, -0.25) is 9.10 Å².